The molecule has 0 amide bonds. The number of aromatic nitrogens is 2. The van der Waals surface area contributed by atoms with Crippen LogP contribution in [0, 0.1) is 0 Å². The highest BCUT2D eigenvalue weighted by molar-refractivity contribution is 7.89. The van der Waals surface area contributed by atoms with Crippen molar-refractivity contribution in [3.05, 3.63) is 59.1 Å². The molecule has 0 aromatic carbocycles. The lowest BCUT2D eigenvalue weighted by atomic mass is 9.99. The molecule has 3 rings (SSSR count). The summed E-state index contributed by atoms with van der Waals surface area (Å²) in [4.78, 5) is 4.53. The van der Waals surface area contributed by atoms with Gasteiger partial charge in [0, 0.05) is 17.1 Å². The summed E-state index contributed by atoms with van der Waals surface area (Å²) < 4.78 is 34.5. The SMILES string of the molecule is CC(C)n1cnc(S(=O)(=O)NC[C@](O)(c2ccco2)c2cccs2)c1. The summed E-state index contributed by atoms with van der Waals surface area (Å²) in [7, 11) is -3.87. The van der Waals surface area contributed by atoms with Gasteiger partial charge in [-0.25, -0.2) is 18.1 Å². The summed E-state index contributed by atoms with van der Waals surface area (Å²) in [5.74, 6) is 0.269. The number of furan rings is 1. The number of imidazole rings is 1. The second-order valence-electron chi connectivity index (χ2n) is 5.89. The third-order valence-electron chi connectivity index (χ3n) is 3.83. The molecule has 0 saturated carbocycles. The molecule has 3 aromatic rings. The lowest BCUT2D eigenvalue weighted by molar-refractivity contribution is 0.0655. The van der Waals surface area contributed by atoms with Crippen molar-refractivity contribution in [3.8, 4) is 0 Å². The smallest absolute Gasteiger partial charge is 0.259 e. The molecule has 25 heavy (non-hydrogen) atoms. The van der Waals surface area contributed by atoms with Gasteiger partial charge >= 0.3 is 0 Å². The Kier molecular flexibility index (Phi) is 4.83. The molecule has 0 spiro atoms. The van der Waals surface area contributed by atoms with Gasteiger partial charge in [0.15, 0.2) is 10.6 Å². The van der Waals surface area contributed by atoms with E-state index >= 15 is 0 Å². The molecule has 9 heteroatoms. The number of thiophene rings is 1. The molecule has 7 nitrogen and oxygen atoms in total. The molecule has 0 aliphatic heterocycles. The van der Waals surface area contributed by atoms with E-state index in [1.54, 1.807) is 28.8 Å². The molecule has 3 heterocycles. The average Bonchev–Trinajstić information content (AvgIpc) is 3.35. The number of aliphatic hydroxyl groups is 1. The number of hydrogen-bond acceptors (Lipinski definition) is 6. The largest absolute Gasteiger partial charge is 0.466 e. The molecule has 0 aliphatic carbocycles. The minimum absolute atomic E-state index is 0.0887. The highest BCUT2D eigenvalue weighted by atomic mass is 32.2. The Labute approximate surface area is 150 Å². The van der Waals surface area contributed by atoms with E-state index in [4.69, 9.17) is 4.42 Å². The minimum Gasteiger partial charge on any atom is -0.466 e. The summed E-state index contributed by atoms with van der Waals surface area (Å²) in [6, 6.07) is 6.87. The van der Waals surface area contributed by atoms with Crippen LogP contribution in [0.1, 0.15) is 30.5 Å². The third-order valence-corrected chi connectivity index (χ3v) is 6.13. The van der Waals surface area contributed by atoms with Crippen molar-refractivity contribution < 1.29 is 17.9 Å². The molecular formula is C16H19N3O4S2. The van der Waals surface area contributed by atoms with Crippen LogP contribution in [0.3, 0.4) is 0 Å². The van der Waals surface area contributed by atoms with Gasteiger partial charge in [0.1, 0.15) is 5.76 Å². The van der Waals surface area contributed by atoms with Gasteiger partial charge < -0.3 is 14.1 Å². The zero-order valence-corrected chi connectivity index (χ0v) is 15.4. The quantitative estimate of drug-likeness (QED) is 0.655. The summed E-state index contributed by atoms with van der Waals surface area (Å²) in [6.07, 6.45) is 4.37. The third kappa shape index (κ3) is 3.54. The summed E-state index contributed by atoms with van der Waals surface area (Å²) in [5.41, 5.74) is -1.59. The molecule has 1 atom stereocenters. The first-order chi connectivity index (χ1) is 11.8. The van der Waals surface area contributed by atoms with Crippen LogP contribution >= 0.6 is 11.3 Å². The van der Waals surface area contributed by atoms with Crippen LogP contribution < -0.4 is 4.72 Å². The van der Waals surface area contributed by atoms with Gasteiger partial charge in [-0.05, 0) is 37.4 Å². The molecule has 0 bridgehead atoms. The van der Waals surface area contributed by atoms with E-state index in [0.717, 1.165) is 0 Å². The average molecular weight is 381 g/mol. The number of rotatable bonds is 7. The topological polar surface area (TPSA) is 97.4 Å². The van der Waals surface area contributed by atoms with Gasteiger partial charge in [-0.2, -0.15) is 0 Å². The summed E-state index contributed by atoms with van der Waals surface area (Å²) >= 11 is 1.32. The van der Waals surface area contributed by atoms with Gasteiger partial charge in [0.05, 0.1) is 19.1 Å². The molecule has 0 saturated heterocycles. The van der Waals surface area contributed by atoms with Gasteiger partial charge in [-0.3, -0.25) is 0 Å². The van der Waals surface area contributed by atoms with E-state index in [0.29, 0.717) is 4.88 Å². The highest BCUT2D eigenvalue weighted by Crippen LogP contribution is 2.33. The second kappa shape index (κ2) is 6.75. The van der Waals surface area contributed by atoms with Gasteiger partial charge in [0.25, 0.3) is 10.0 Å². The maximum Gasteiger partial charge on any atom is 0.259 e. The molecule has 0 radical (unpaired) electrons. The van der Waals surface area contributed by atoms with Crippen molar-refractivity contribution in [2.75, 3.05) is 6.54 Å². The maximum atomic E-state index is 12.5. The lowest BCUT2D eigenvalue weighted by Crippen LogP contribution is -2.41. The van der Waals surface area contributed by atoms with E-state index < -0.39 is 15.6 Å². The van der Waals surface area contributed by atoms with Gasteiger partial charge in [-0.15, -0.1) is 11.3 Å². The fourth-order valence-electron chi connectivity index (χ4n) is 2.34. The molecule has 0 unspecified atom stereocenters. The normalized spacial score (nSPS) is 14.7. The maximum absolute atomic E-state index is 12.5. The number of sulfonamides is 1. The Hall–Kier alpha value is -1.94. The van der Waals surface area contributed by atoms with Gasteiger partial charge in [0.2, 0.25) is 0 Å². The first kappa shape index (κ1) is 17.9. The van der Waals surface area contributed by atoms with Gasteiger partial charge in [-0.1, -0.05) is 6.07 Å². The Morgan fingerprint density at radius 2 is 2.20 bits per heavy atom. The zero-order chi connectivity index (χ0) is 18.1. The molecule has 134 valence electrons. The van der Waals surface area contributed by atoms with Crippen LogP contribution in [0.25, 0.3) is 0 Å². The Balaban J connectivity index is 1.86. The predicted octanol–water partition coefficient (Wildman–Crippen LogP) is 2.33. The first-order valence-electron chi connectivity index (χ1n) is 7.66. The fourth-order valence-corrected chi connectivity index (χ4v) is 4.16. The number of hydrogen-bond donors (Lipinski definition) is 2. The zero-order valence-electron chi connectivity index (χ0n) is 13.8. The van der Waals surface area contributed by atoms with Crippen molar-refractivity contribution in [2.24, 2.45) is 0 Å². The van der Waals surface area contributed by atoms with Crippen molar-refractivity contribution in [1.29, 1.82) is 0 Å². The Morgan fingerprint density at radius 3 is 2.76 bits per heavy atom. The van der Waals surface area contributed by atoms with Crippen molar-refractivity contribution >= 4 is 21.4 Å². The second-order valence-corrected chi connectivity index (χ2v) is 8.55. The van der Waals surface area contributed by atoms with Crippen LogP contribution in [-0.2, 0) is 15.6 Å². The van der Waals surface area contributed by atoms with E-state index in [2.05, 4.69) is 9.71 Å². The monoisotopic (exact) mass is 381 g/mol. The van der Waals surface area contributed by atoms with Crippen LogP contribution in [0.15, 0.2) is 57.9 Å². The molecule has 3 aromatic heterocycles. The fraction of sp³-hybridized carbons (Fsp3) is 0.312. The van der Waals surface area contributed by atoms with E-state index in [1.807, 2.05) is 19.2 Å². The highest BCUT2D eigenvalue weighted by Gasteiger charge is 2.37. The standard InChI is InChI=1S/C16H19N3O4S2/c1-12(2)19-9-15(17-11-19)25(21,22)18-10-16(20,13-5-3-7-23-13)14-6-4-8-24-14/h3-9,11-12,18,20H,10H2,1-2H3/t16-/m0/s1. The van der Waals surface area contributed by atoms with E-state index in [-0.39, 0.29) is 23.4 Å². The minimum atomic E-state index is -3.87. The van der Waals surface area contributed by atoms with Crippen LogP contribution in [-0.4, -0.2) is 29.6 Å². The number of nitrogens with zero attached hydrogens (tertiary/aromatic N) is 2. The Morgan fingerprint density at radius 1 is 1.40 bits per heavy atom. The molecular weight excluding hydrogens is 362 g/mol. The van der Waals surface area contributed by atoms with Crippen molar-refractivity contribution in [3.63, 3.8) is 0 Å². The van der Waals surface area contributed by atoms with Crippen LogP contribution in [0.2, 0.25) is 0 Å². The van der Waals surface area contributed by atoms with E-state index in [9.17, 15) is 13.5 Å². The predicted molar refractivity (Wildman–Crippen MR) is 93.8 cm³/mol. The van der Waals surface area contributed by atoms with Crippen LogP contribution in [0.5, 0.6) is 0 Å². The first-order valence-corrected chi connectivity index (χ1v) is 10.0. The summed E-state index contributed by atoms with van der Waals surface area (Å²) in [5, 5.41) is 12.8. The van der Waals surface area contributed by atoms with E-state index in [1.165, 1.54) is 30.1 Å². The molecule has 2 N–H and O–H groups in total. The Bertz CT molecular complexity index is 878. The van der Waals surface area contributed by atoms with Crippen molar-refractivity contribution in [1.82, 2.24) is 14.3 Å². The molecule has 0 fully saturated rings. The van der Waals surface area contributed by atoms with Crippen molar-refractivity contribution in [2.45, 2.75) is 30.5 Å². The lowest BCUT2D eigenvalue weighted by Gasteiger charge is -2.25. The summed E-state index contributed by atoms with van der Waals surface area (Å²) in [6.45, 7) is 3.59. The number of nitrogens with one attached hydrogen (secondary N) is 1. The van der Waals surface area contributed by atoms with Crippen LogP contribution in [0.4, 0.5) is 0 Å². The molecule has 0 aliphatic rings.